The van der Waals surface area contributed by atoms with Crippen LogP contribution in [-0.2, 0) is 35.6 Å². The highest BCUT2D eigenvalue weighted by Crippen LogP contribution is 2.44. The number of ether oxygens (including phenoxy) is 4. The Labute approximate surface area is 294 Å². The Hall–Kier alpha value is -6.20. The first-order chi connectivity index (χ1) is 25.0. The van der Waals surface area contributed by atoms with Crippen molar-refractivity contribution in [3.63, 3.8) is 0 Å². The molecule has 0 radical (unpaired) electrons. The molecule has 0 saturated carbocycles. The first-order valence-electron chi connectivity index (χ1n) is 16.2. The van der Waals surface area contributed by atoms with Crippen molar-refractivity contribution < 1.29 is 28.8 Å². The molecule has 4 aromatic rings. The summed E-state index contributed by atoms with van der Waals surface area (Å²) in [6.45, 7) is 0.547. The number of aliphatic imine (C=N–C) groups is 1. The third-order valence-electron chi connectivity index (χ3n) is 8.48. The standard InChI is InChI=1S/C37H38N8O6/c1-48-32-14-7-12-29(33(32)49-2)22-40-36(47)37(21-26-9-3-4-10-27(26)23-41-44-38)34(31-13-6-5-11-28(31)24-42-45-39)51-35(43-37)25-15-17-30(18-16-25)50-20-8-19-46/h3-7,9-18,34,46H,8,19-24H2,1-2H3,(H,40,47)/t34-,37-/m1/s1. The number of aliphatic hydroxyl groups is 1. The lowest BCUT2D eigenvalue weighted by Crippen LogP contribution is -2.50. The van der Waals surface area contributed by atoms with Crippen LogP contribution in [-0.4, -0.2) is 49.9 Å². The number of nitrogens with one attached hydrogen (secondary N) is 1. The third-order valence-corrected chi connectivity index (χ3v) is 8.48. The van der Waals surface area contributed by atoms with Crippen molar-refractivity contribution in [3.8, 4) is 17.2 Å². The number of methoxy groups -OCH3 is 2. The summed E-state index contributed by atoms with van der Waals surface area (Å²) >= 11 is 0. The minimum Gasteiger partial charge on any atom is -0.494 e. The van der Waals surface area contributed by atoms with Gasteiger partial charge in [0.25, 0.3) is 5.91 Å². The van der Waals surface area contributed by atoms with Crippen molar-refractivity contribution >= 4 is 11.8 Å². The van der Waals surface area contributed by atoms with Gasteiger partial charge in [-0.25, -0.2) is 4.99 Å². The van der Waals surface area contributed by atoms with E-state index in [1.807, 2.05) is 60.7 Å². The van der Waals surface area contributed by atoms with Crippen molar-refractivity contribution in [3.05, 3.63) is 145 Å². The number of azide groups is 2. The number of rotatable bonds is 17. The Bertz CT molecular complexity index is 1960. The molecule has 51 heavy (non-hydrogen) atoms. The average Bonchev–Trinajstić information content (AvgIpc) is 3.56. The number of nitrogens with zero attached hydrogens (tertiary/aromatic N) is 7. The molecule has 1 aliphatic heterocycles. The number of amides is 1. The van der Waals surface area contributed by atoms with E-state index in [1.165, 1.54) is 7.11 Å². The topological polar surface area (TPSA) is 196 Å². The number of hydrogen-bond acceptors (Lipinski definition) is 9. The van der Waals surface area contributed by atoms with Gasteiger partial charge in [0.2, 0.25) is 5.90 Å². The molecule has 2 atom stereocenters. The fraction of sp³-hybridized carbons (Fsp3) is 0.297. The fourth-order valence-corrected chi connectivity index (χ4v) is 6.00. The second-order valence-corrected chi connectivity index (χ2v) is 11.5. The fourth-order valence-electron chi connectivity index (χ4n) is 6.00. The van der Waals surface area contributed by atoms with Gasteiger partial charge in [-0.05, 0) is 63.6 Å². The number of aliphatic hydroxyl groups excluding tert-OH is 1. The summed E-state index contributed by atoms with van der Waals surface area (Å²) in [6, 6.07) is 27.3. The summed E-state index contributed by atoms with van der Waals surface area (Å²) in [5, 5.41) is 19.8. The minimum absolute atomic E-state index is 0.0198. The van der Waals surface area contributed by atoms with E-state index < -0.39 is 17.6 Å². The summed E-state index contributed by atoms with van der Waals surface area (Å²) in [5.74, 6) is 1.39. The largest absolute Gasteiger partial charge is 0.494 e. The molecule has 5 rings (SSSR count). The zero-order chi connectivity index (χ0) is 36.1. The molecule has 262 valence electrons. The first kappa shape index (κ1) is 36.1. The van der Waals surface area contributed by atoms with Crippen LogP contribution in [0.3, 0.4) is 0 Å². The van der Waals surface area contributed by atoms with Gasteiger partial charge in [0.1, 0.15) is 5.75 Å². The highest BCUT2D eigenvalue weighted by Gasteiger charge is 2.54. The molecule has 0 aromatic heterocycles. The molecule has 1 amide bonds. The Balaban J connectivity index is 1.66. The molecule has 1 heterocycles. The molecule has 1 aliphatic rings. The van der Waals surface area contributed by atoms with Gasteiger partial charge in [0, 0.05) is 46.9 Å². The van der Waals surface area contributed by atoms with E-state index in [0.29, 0.717) is 52.5 Å². The molecule has 2 N–H and O–H groups in total. The molecular weight excluding hydrogens is 652 g/mol. The van der Waals surface area contributed by atoms with E-state index in [4.69, 9.17) is 34.6 Å². The molecule has 0 aliphatic carbocycles. The van der Waals surface area contributed by atoms with Crippen LogP contribution < -0.4 is 19.5 Å². The average molecular weight is 691 g/mol. The van der Waals surface area contributed by atoms with E-state index in [2.05, 4.69) is 25.4 Å². The molecule has 14 nitrogen and oxygen atoms in total. The van der Waals surface area contributed by atoms with Crippen LogP contribution in [0.1, 0.15) is 45.9 Å². The summed E-state index contributed by atoms with van der Waals surface area (Å²) in [6.07, 6.45) is -0.412. The van der Waals surface area contributed by atoms with Crippen molar-refractivity contribution in [2.45, 2.75) is 44.1 Å². The zero-order valence-electron chi connectivity index (χ0n) is 28.3. The number of para-hydroxylation sites is 1. The van der Waals surface area contributed by atoms with Crippen LogP contribution in [0.2, 0.25) is 0 Å². The monoisotopic (exact) mass is 690 g/mol. The Kier molecular flexibility index (Phi) is 12.4. The number of carbonyl (C=O) groups is 1. The zero-order valence-corrected chi connectivity index (χ0v) is 28.3. The highest BCUT2D eigenvalue weighted by molar-refractivity contribution is 6.01. The maximum Gasteiger partial charge on any atom is 0.252 e. The maximum atomic E-state index is 14.9. The molecule has 0 fully saturated rings. The van der Waals surface area contributed by atoms with Gasteiger partial charge in [-0.2, -0.15) is 0 Å². The smallest absolute Gasteiger partial charge is 0.252 e. The minimum atomic E-state index is -1.60. The Morgan fingerprint density at radius 3 is 2.24 bits per heavy atom. The van der Waals surface area contributed by atoms with Crippen molar-refractivity contribution in [2.75, 3.05) is 27.4 Å². The summed E-state index contributed by atoms with van der Waals surface area (Å²) in [4.78, 5) is 26.0. The van der Waals surface area contributed by atoms with Gasteiger partial charge in [-0.3, -0.25) is 4.79 Å². The lowest BCUT2D eigenvalue weighted by atomic mass is 9.79. The molecular formula is C37H38N8O6. The third kappa shape index (κ3) is 8.34. The van der Waals surface area contributed by atoms with E-state index in [1.54, 1.807) is 37.4 Å². The SMILES string of the molecule is COc1cccc(CNC(=O)[C@]2(Cc3ccccc3CN=[N+]=[N-])N=C(c3ccc(OCCCO)cc3)O[C@@H]2c2ccccc2CN=[N+]=[N-])c1OC. The molecule has 0 bridgehead atoms. The van der Waals surface area contributed by atoms with Crippen LogP contribution >= 0.6 is 0 Å². The molecule has 0 spiro atoms. The van der Waals surface area contributed by atoms with Crippen LogP contribution in [0, 0.1) is 0 Å². The molecule has 14 heteroatoms. The second-order valence-electron chi connectivity index (χ2n) is 11.5. The molecule has 0 unspecified atom stereocenters. The molecule has 4 aromatic carbocycles. The Morgan fingerprint density at radius 1 is 0.882 bits per heavy atom. The van der Waals surface area contributed by atoms with Crippen LogP contribution in [0.15, 0.2) is 106 Å². The summed E-state index contributed by atoms with van der Waals surface area (Å²) in [5.41, 5.74) is 20.7. The van der Waals surface area contributed by atoms with Crippen LogP contribution in [0.25, 0.3) is 20.9 Å². The van der Waals surface area contributed by atoms with E-state index in [-0.39, 0.29) is 38.6 Å². The van der Waals surface area contributed by atoms with E-state index in [0.717, 1.165) is 11.1 Å². The second kappa shape index (κ2) is 17.5. The quantitative estimate of drug-likeness (QED) is 0.0523. The lowest BCUT2D eigenvalue weighted by molar-refractivity contribution is -0.129. The maximum absolute atomic E-state index is 14.9. The van der Waals surface area contributed by atoms with Gasteiger partial charge in [0.05, 0.1) is 33.9 Å². The van der Waals surface area contributed by atoms with Gasteiger partial charge in [0.15, 0.2) is 23.1 Å². The van der Waals surface area contributed by atoms with Gasteiger partial charge < -0.3 is 29.4 Å². The summed E-state index contributed by atoms with van der Waals surface area (Å²) in [7, 11) is 3.08. The number of carbonyl (C=O) groups excluding carboxylic acids is 1. The van der Waals surface area contributed by atoms with Gasteiger partial charge >= 0.3 is 0 Å². The normalized spacial score (nSPS) is 16.1. The van der Waals surface area contributed by atoms with E-state index in [9.17, 15) is 10.3 Å². The van der Waals surface area contributed by atoms with Gasteiger partial charge in [-0.1, -0.05) is 70.9 Å². The highest BCUT2D eigenvalue weighted by atomic mass is 16.5. The van der Waals surface area contributed by atoms with Crippen molar-refractivity contribution in [1.29, 1.82) is 0 Å². The molecule has 0 saturated heterocycles. The lowest BCUT2D eigenvalue weighted by Gasteiger charge is -2.32. The first-order valence-corrected chi connectivity index (χ1v) is 16.2. The Morgan fingerprint density at radius 2 is 1.55 bits per heavy atom. The van der Waals surface area contributed by atoms with E-state index >= 15 is 0 Å². The predicted molar refractivity (Wildman–Crippen MR) is 190 cm³/mol. The van der Waals surface area contributed by atoms with Gasteiger partial charge in [-0.15, -0.1) is 0 Å². The number of benzene rings is 4. The number of hydrogen-bond donors (Lipinski definition) is 2. The van der Waals surface area contributed by atoms with Crippen LogP contribution in [0.5, 0.6) is 17.2 Å². The van der Waals surface area contributed by atoms with Crippen molar-refractivity contribution in [2.24, 2.45) is 15.2 Å². The predicted octanol–water partition coefficient (Wildman–Crippen LogP) is 6.90. The van der Waals surface area contributed by atoms with Crippen LogP contribution in [0.4, 0.5) is 0 Å². The van der Waals surface area contributed by atoms with Crippen molar-refractivity contribution in [1.82, 2.24) is 5.32 Å². The summed E-state index contributed by atoms with van der Waals surface area (Å²) < 4.78 is 23.5.